The van der Waals surface area contributed by atoms with E-state index in [2.05, 4.69) is 27.8 Å². The number of methoxy groups -OCH3 is 1. The standard InChI is InChI=1S/C28H31F4N5O2/c1-33-27(38)18-9-10-24(26(14-18)39-3)34-12-5-6-19-15-20-22(35-23-11-13-36(2)16-21(23)29)7-4-8-25(20)37(19)17-28(30,31)32/h4,7-10,14-15,21,23,34-35H,11-13,16-17H2,1-3H3,(H,33,38)/t21-,23?/m0/s1. The zero-order chi connectivity index (χ0) is 28.2. The molecule has 1 unspecified atom stereocenters. The zero-order valence-corrected chi connectivity index (χ0v) is 22.0. The minimum absolute atomic E-state index is 0.119. The molecule has 1 amide bonds. The highest BCUT2D eigenvalue weighted by molar-refractivity contribution is 5.95. The number of hydrogen-bond acceptors (Lipinski definition) is 5. The number of aromatic nitrogens is 1. The highest BCUT2D eigenvalue weighted by Gasteiger charge is 2.31. The van der Waals surface area contributed by atoms with Crippen molar-refractivity contribution >= 4 is 28.2 Å². The average molecular weight is 546 g/mol. The van der Waals surface area contributed by atoms with Gasteiger partial charge >= 0.3 is 6.18 Å². The van der Waals surface area contributed by atoms with Crippen molar-refractivity contribution in [2.45, 2.75) is 31.4 Å². The summed E-state index contributed by atoms with van der Waals surface area (Å²) >= 11 is 0. The van der Waals surface area contributed by atoms with Crippen LogP contribution < -0.4 is 20.7 Å². The molecule has 1 fully saturated rings. The van der Waals surface area contributed by atoms with Gasteiger partial charge in [-0.15, -0.1) is 0 Å². The molecule has 1 aromatic heterocycles. The van der Waals surface area contributed by atoms with E-state index >= 15 is 0 Å². The van der Waals surface area contributed by atoms with E-state index in [4.69, 9.17) is 4.74 Å². The molecule has 2 aromatic carbocycles. The van der Waals surface area contributed by atoms with Gasteiger partial charge in [-0.05, 0) is 55.8 Å². The second kappa shape index (κ2) is 11.9. The van der Waals surface area contributed by atoms with Crippen LogP contribution in [0.3, 0.4) is 0 Å². The van der Waals surface area contributed by atoms with Crippen molar-refractivity contribution in [3.05, 3.63) is 53.7 Å². The van der Waals surface area contributed by atoms with Crippen LogP contribution in [-0.2, 0) is 6.54 Å². The Morgan fingerprint density at radius 1 is 1.18 bits per heavy atom. The summed E-state index contributed by atoms with van der Waals surface area (Å²) < 4.78 is 61.6. The van der Waals surface area contributed by atoms with E-state index in [9.17, 15) is 22.4 Å². The Hall–Kier alpha value is -3.91. The van der Waals surface area contributed by atoms with Crippen molar-refractivity contribution in [3.63, 3.8) is 0 Å². The molecule has 1 saturated heterocycles. The zero-order valence-electron chi connectivity index (χ0n) is 22.0. The Bertz CT molecular complexity index is 1390. The number of piperidine rings is 1. The summed E-state index contributed by atoms with van der Waals surface area (Å²) in [4.78, 5) is 13.8. The van der Waals surface area contributed by atoms with Gasteiger partial charge in [0.15, 0.2) is 0 Å². The van der Waals surface area contributed by atoms with Gasteiger partial charge in [0.1, 0.15) is 18.5 Å². The van der Waals surface area contributed by atoms with Gasteiger partial charge in [-0.25, -0.2) is 4.39 Å². The van der Waals surface area contributed by atoms with Gasteiger partial charge < -0.3 is 30.2 Å². The Morgan fingerprint density at radius 2 is 1.97 bits per heavy atom. The first kappa shape index (κ1) is 28.1. The summed E-state index contributed by atoms with van der Waals surface area (Å²) in [5.74, 6) is 5.90. The quantitative estimate of drug-likeness (QED) is 0.302. The minimum Gasteiger partial charge on any atom is -0.495 e. The molecule has 208 valence electrons. The number of ether oxygens (including phenoxy) is 1. The summed E-state index contributed by atoms with van der Waals surface area (Å²) in [7, 11) is 4.86. The molecular weight excluding hydrogens is 514 g/mol. The van der Waals surface area contributed by atoms with Crippen LogP contribution in [0.2, 0.25) is 0 Å². The van der Waals surface area contributed by atoms with E-state index < -0.39 is 24.9 Å². The highest BCUT2D eigenvalue weighted by Crippen LogP contribution is 2.32. The fourth-order valence-electron chi connectivity index (χ4n) is 4.68. The minimum atomic E-state index is -4.46. The number of amides is 1. The first-order valence-corrected chi connectivity index (χ1v) is 12.5. The molecule has 0 aliphatic carbocycles. The normalized spacial score (nSPS) is 17.8. The summed E-state index contributed by atoms with van der Waals surface area (Å²) in [5.41, 5.74) is 2.14. The Morgan fingerprint density at radius 3 is 2.67 bits per heavy atom. The van der Waals surface area contributed by atoms with Gasteiger partial charge in [0.2, 0.25) is 0 Å². The van der Waals surface area contributed by atoms with Crippen molar-refractivity contribution in [1.29, 1.82) is 0 Å². The summed E-state index contributed by atoms with van der Waals surface area (Å²) in [6.45, 7) is -0.0580. The fraction of sp³-hybridized carbons (Fsp3) is 0.393. The monoisotopic (exact) mass is 545 g/mol. The number of nitrogens with one attached hydrogen (secondary N) is 3. The van der Waals surface area contributed by atoms with Crippen LogP contribution in [0.4, 0.5) is 28.9 Å². The number of hydrogen-bond donors (Lipinski definition) is 3. The molecule has 11 heteroatoms. The molecule has 0 radical (unpaired) electrons. The molecule has 3 aromatic rings. The molecule has 39 heavy (non-hydrogen) atoms. The highest BCUT2D eigenvalue weighted by atomic mass is 19.4. The van der Waals surface area contributed by atoms with Crippen molar-refractivity contribution < 1.29 is 27.1 Å². The maximum atomic E-state index is 14.7. The van der Waals surface area contributed by atoms with Crippen molar-refractivity contribution in [3.8, 4) is 17.6 Å². The number of carbonyl (C=O) groups is 1. The third-order valence-corrected chi connectivity index (χ3v) is 6.64. The second-order valence-electron chi connectivity index (χ2n) is 9.44. The van der Waals surface area contributed by atoms with Crippen molar-refractivity contribution in [1.82, 2.24) is 14.8 Å². The number of nitrogens with zero attached hydrogens (tertiary/aromatic N) is 2. The van der Waals surface area contributed by atoms with Gasteiger partial charge in [0, 0.05) is 36.8 Å². The van der Waals surface area contributed by atoms with Crippen LogP contribution in [0, 0.1) is 11.8 Å². The third kappa shape index (κ3) is 6.75. The number of likely N-dealkylation sites (tertiary alicyclic amines) is 1. The van der Waals surface area contributed by atoms with E-state index in [1.807, 2.05) is 11.9 Å². The molecule has 4 rings (SSSR count). The topological polar surface area (TPSA) is 70.6 Å². The maximum absolute atomic E-state index is 14.7. The molecular formula is C28H31F4N5O2. The molecule has 2 heterocycles. The van der Waals surface area contributed by atoms with E-state index in [0.29, 0.717) is 46.6 Å². The largest absolute Gasteiger partial charge is 0.495 e. The van der Waals surface area contributed by atoms with Crippen molar-refractivity contribution in [2.24, 2.45) is 0 Å². The lowest BCUT2D eigenvalue weighted by Gasteiger charge is -2.33. The summed E-state index contributed by atoms with van der Waals surface area (Å²) in [6, 6.07) is 11.1. The second-order valence-corrected chi connectivity index (χ2v) is 9.44. The van der Waals surface area contributed by atoms with Crippen LogP contribution in [-0.4, -0.2) is 74.6 Å². The van der Waals surface area contributed by atoms with Crippen LogP contribution in [0.25, 0.3) is 10.9 Å². The molecule has 1 aliphatic rings. The van der Waals surface area contributed by atoms with Gasteiger partial charge in [0.05, 0.1) is 36.6 Å². The van der Waals surface area contributed by atoms with Gasteiger partial charge in [-0.1, -0.05) is 12.0 Å². The Kier molecular flexibility index (Phi) is 8.55. The predicted molar refractivity (Wildman–Crippen MR) is 144 cm³/mol. The summed E-state index contributed by atoms with van der Waals surface area (Å²) in [5, 5.41) is 9.38. The van der Waals surface area contributed by atoms with E-state index in [0.717, 1.165) is 11.1 Å². The number of fused-ring (bicyclic) bond motifs is 1. The molecule has 3 N–H and O–H groups in total. The summed E-state index contributed by atoms with van der Waals surface area (Å²) in [6.07, 6.45) is -4.96. The lowest BCUT2D eigenvalue weighted by molar-refractivity contribution is -0.140. The number of benzene rings is 2. The predicted octanol–water partition coefficient (Wildman–Crippen LogP) is 4.49. The van der Waals surface area contributed by atoms with Crippen molar-refractivity contribution in [2.75, 3.05) is 51.5 Å². The van der Waals surface area contributed by atoms with Crippen LogP contribution in [0.1, 0.15) is 22.5 Å². The molecule has 0 bridgehead atoms. The van der Waals surface area contributed by atoms with Crippen LogP contribution in [0.15, 0.2) is 42.5 Å². The first-order valence-electron chi connectivity index (χ1n) is 12.5. The smallest absolute Gasteiger partial charge is 0.406 e. The maximum Gasteiger partial charge on any atom is 0.406 e. The molecule has 0 saturated carbocycles. The Balaban J connectivity index is 1.59. The molecule has 2 atom stereocenters. The van der Waals surface area contributed by atoms with Crippen LogP contribution >= 0.6 is 0 Å². The SMILES string of the molecule is CNC(=O)c1ccc(NCC#Cc2cc3c(NC4CCN(C)C[C@@H]4F)cccc3n2CC(F)(F)F)c(OC)c1. The van der Waals surface area contributed by atoms with E-state index in [-0.39, 0.29) is 18.1 Å². The molecule has 7 nitrogen and oxygen atoms in total. The molecule has 1 aliphatic heterocycles. The van der Waals surface area contributed by atoms with Gasteiger partial charge in [-0.2, -0.15) is 13.2 Å². The Labute approximate surface area is 224 Å². The lowest BCUT2D eigenvalue weighted by atomic mass is 10.0. The number of halogens is 4. The van der Waals surface area contributed by atoms with E-state index in [1.165, 1.54) is 14.2 Å². The van der Waals surface area contributed by atoms with Gasteiger partial charge in [-0.3, -0.25) is 4.79 Å². The number of carbonyl (C=O) groups excluding carboxylic acids is 1. The number of rotatable bonds is 7. The van der Waals surface area contributed by atoms with Crippen LogP contribution in [0.5, 0.6) is 5.75 Å². The third-order valence-electron chi connectivity index (χ3n) is 6.64. The first-order chi connectivity index (χ1) is 18.6. The van der Waals surface area contributed by atoms with E-state index in [1.54, 1.807) is 42.5 Å². The number of anilines is 2. The lowest BCUT2D eigenvalue weighted by Crippen LogP contribution is -2.46. The molecule has 0 spiro atoms. The van der Waals surface area contributed by atoms with Gasteiger partial charge in [0.25, 0.3) is 5.91 Å². The average Bonchev–Trinajstić information content (AvgIpc) is 3.24. The fourth-order valence-corrected chi connectivity index (χ4v) is 4.68. The number of alkyl halides is 4.